The normalized spacial score (nSPS) is 21.1. The maximum absolute atomic E-state index is 4.28. The summed E-state index contributed by atoms with van der Waals surface area (Å²) in [5.74, 6) is 0. The molecule has 0 amide bonds. The van der Waals surface area contributed by atoms with Gasteiger partial charge in [-0.3, -0.25) is 4.99 Å². The van der Waals surface area contributed by atoms with Gasteiger partial charge in [-0.05, 0) is 18.1 Å². The van der Waals surface area contributed by atoms with Crippen molar-refractivity contribution in [3.8, 4) is 0 Å². The molecular weight excluding hydrogens is 122 g/mol. The van der Waals surface area contributed by atoms with Crippen LogP contribution in [-0.2, 0) is 0 Å². The van der Waals surface area contributed by atoms with Gasteiger partial charge in [-0.1, -0.05) is 24.3 Å². The summed E-state index contributed by atoms with van der Waals surface area (Å²) in [4.78, 5) is 4.28. The molecule has 1 unspecified atom stereocenters. The highest BCUT2D eigenvalue weighted by molar-refractivity contribution is 5.85. The van der Waals surface area contributed by atoms with E-state index in [1.54, 1.807) is 0 Å². The smallest absolute Gasteiger partial charge is 0.0727 e. The van der Waals surface area contributed by atoms with Gasteiger partial charge in [-0.15, -0.1) is 0 Å². The Morgan fingerprint density at radius 1 is 1.30 bits per heavy atom. The monoisotopic (exact) mass is 131 g/mol. The molecule has 1 aliphatic rings. The van der Waals surface area contributed by atoms with E-state index in [2.05, 4.69) is 30.1 Å². The summed E-state index contributed by atoms with van der Waals surface area (Å²) in [5, 5.41) is 0. The summed E-state index contributed by atoms with van der Waals surface area (Å²) < 4.78 is 0. The number of hydrogen-bond acceptors (Lipinski definition) is 1. The van der Waals surface area contributed by atoms with Crippen LogP contribution in [0.3, 0.4) is 0 Å². The van der Waals surface area contributed by atoms with E-state index in [-0.39, 0.29) is 0 Å². The van der Waals surface area contributed by atoms with Crippen LogP contribution in [-0.4, -0.2) is 6.21 Å². The molecule has 0 spiro atoms. The van der Waals surface area contributed by atoms with Crippen LogP contribution in [0.2, 0.25) is 0 Å². The summed E-state index contributed by atoms with van der Waals surface area (Å²) in [6.07, 6.45) is 1.94. The molecule has 0 bridgehead atoms. The van der Waals surface area contributed by atoms with Crippen LogP contribution in [0.4, 0.5) is 0 Å². The van der Waals surface area contributed by atoms with Crippen molar-refractivity contribution in [3.63, 3.8) is 0 Å². The average molecular weight is 131 g/mol. The Labute approximate surface area is 60.4 Å². The highest BCUT2D eigenvalue weighted by atomic mass is 14.8. The zero-order valence-corrected chi connectivity index (χ0v) is 5.91. The number of hydrogen-bond donors (Lipinski definition) is 0. The SMILES string of the molecule is CC1N=Cc2ccccc21. The van der Waals surface area contributed by atoms with Crippen LogP contribution in [0.25, 0.3) is 0 Å². The Bertz CT molecular complexity index is 276. The summed E-state index contributed by atoms with van der Waals surface area (Å²) in [7, 11) is 0. The zero-order valence-electron chi connectivity index (χ0n) is 5.91. The van der Waals surface area contributed by atoms with Crippen LogP contribution in [0, 0.1) is 0 Å². The number of fused-ring (bicyclic) bond motifs is 1. The second-order valence-electron chi connectivity index (χ2n) is 2.58. The first-order valence-corrected chi connectivity index (χ1v) is 3.50. The van der Waals surface area contributed by atoms with Crippen molar-refractivity contribution in [2.75, 3.05) is 0 Å². The lowest BCUT2D eigenvalue weighted by atomic mass is 10.1. The van der Waals surface area contributed by atoms with Gasteiger partial charge in [0.1, 0.15) is 0 Å². The lowest BCUT2D eigenvalue weighted by molar-refractivity contribution is 0.844. The van der Waals surface area contributed by atoms with Crippen molar-refractivity contribution in [3.05, 3.63) is 35.4 Å². The molecule has 1 heteroatoms. The molecule has 1 aromatic rings. The first kappa shape index (κ1) is 5.66. The molecule has 0 N–H and O–H groups in total. The van der Waals surface area contributed by atoms with Crippen molar-refractivity contribution in [1.29, 1.82) is 0 Å². The molecule has 0 aromatic heterocycles. The average Bonchev–Trinajstić information content (AvgIpc) is 2.34. The van der Waals surface area contributed by atoms with Gasteiger partial charge < -0.3 is 0 Å². The molecule has 10 heavy (non-hydrogen) atoms. The van der Waals surface area contributed by atoms with E-state index in [0.717, 1.165) is 0 Å². The molecule has 0 saturated carbocycles. The molecule has 1 atom stereocenters. The van der Waals surface area contributed by atoms with E-state index < -0.39 is 0 Å². The molecule has 50 valence electrons. The van der Waals surface area contributed by atoms with Crippen LogP contribution < -0.4 is 0 Å². The number of aliphatic imine (C=N–C) groups is 1. The van der Waals surface area contributed by atoms with E-state index >= 15 is 0 Å². The summed E-state index contributed by atoms with van der Waals surface area (Å²) in [6.45, 7) is 2.11. The molecule has 2 rings (SSSR count). The van der Waals surface area contributed by atoms with Gasteiger partial charge in [0.15, 0.2) is 0 Å². The molecular formula is C9H9N. The van der Waals surface area contributed by atoms with E-state index in [9.17, 15) is 0 Å². The molecule has 0 saturated heterocycles. The lowest BCUT2D eigenvalue weighted by Gasteiger charge is -1.99. The fraction of sp³-hybridized carbons (Fsp3) is 0.222. The molecule has 1 nitrogen and oxygen atoms in total. The number of nitrogens with zero attached hydrogens (tertiary/aromatic N) is 1. The maximum atomic E-state index is 4.28. The Morgan fingerprint density at radius 3 is 2.90 bits per heavy atom. The molecule has 0 aliphatic carbocycles. The van der Waals surface area contributed by atoms with Crippen LogP contribution >= 0.6 is 0 Å². The summed E-state index contributed by atoms with van der Waals surface area (Å²) >= 11 is 0. The minimum atomic E-state index is 0.371. The molecule has 1 aliphatic heterocycles. The van der Waals surface area contributed by atoms with Gasteiger partial charge in [0.2, 0.25) is 0 Å². The van der Waals surface area contributed by atoms with Crippen molar-refractivity contribution in [1.82, 2.24) is 0 Å². The molecule has 0 fully saturated rings. The predicted molar refractivity (Wildman–Crippen MR) is 42.5 cm³/mol. The fourth-order valence-electron chi connectivity index (χ4n) is 1.28. The Balaban J connectivity index is 2.59. The van der Waals surface area contributed by atoms with Gasteiger partial charge in [0.25, 0.3) is 0 Å². The second kappa shape index (κ2) is 1.94. The van der Waals surface area contributed by atoms with Gasteiger partial charge >= 0.3 is 0 Å². The Hall–Kier alpha value is -1.11. The maximum Gasteiger partial charge on any atom is 0.0727 e. The third-order valence-electron chi connectivity index (χ3n) is 1.88. The largest absolute Gasteiger partial charge is 0.285 e. The first-order valence-electron chi connectivity index (χ1n) is 3.50. The quantitative estimate of drug-likeness (QED) is 0.511. The van der Waals surface area contributed by atoms with Crippen LogP contribution in [0.15, 0.2) is 29.3 Å². The van der Waals surface area contributed by atoms with Gasteiger partial charge in [0.05, 0.1) is 6.04 Å². The van der Waals surface area contributed by atoms with Gasteiger partial charge in [0, 0.05) is 6.21 Å². The van der Waals surface area contributed by atoms with Gasteiger partial charge in [-0.25, -0.2) is 0 Å². The van der Waals surface area contributed by atoms with Crippen LogP contribution in [0.1, 0.15) is 24.1 Å². The molecule has 1 aromatic carbocycles. The third kappa shape index (κ3) is 0.670. The van der Waals surface area contributed by atoms with Crippen molar-refractivity contribution in [2.45, 2.75) is 13.0 Å². The first-order chi connectivity index (χ1) is 4.88. The minimum absolute atomic E-state index is 0.371. The molecule has 0 radical (unpaired) electrons. The third-order valence-corrected chi connectivity index (χ3v) is 1.88. The minimum Gasteiger partial charge on any atom is -0.285 e. The van der Waals surface area contributed by atoms with Crippen molar-refractivity contribution in [2.24, 2.45) is 4.99 Å². The fourth-order valence-corrected chi connectivity index (χ4v) is 1.28. The van der Waals surface area contributed by atoms with Gasteiger partial charge in [-0.2, -0.15) is 0 Å². The van der Waals surface area contributed by atoms with E-state index in [4.69, 9.17) is 0 Å². The number of benzene rings is 1. The number of rotatable bonds is 0. The van der Waals surface area contributed by atoms with Crippen molar-refractivity contribution < 1.29 is 0 Å². The Morgan fingerprint density at radius 2 is 2.10 bits per heavy atom. The van der Waals surface area contributed by atoms with E-state index in [0.29, 0.717) is 6.04 Å². The topological polar surface area (TPSA) is 12.4 Å². The second-order valence-corrected chi connectivity index (χ2v) is 2.58. The zero-order chi connectivity index (χ0) is 6.97. The van der Waals surface area contributed by atoms with E-state index in [1.165, 1.54) is 11.1 Å². The Kier molecular flexibility index (Phi) is 1.10. The standard InChI is InChI=1S/C9H9N/c1-7-9-5-3-2-4-8(9)6-10-7/h2-7H,1H3. The summed E-state index contributed by atoms with van der Waals surface area (Å²) in [5.41, 5.74) is 2.62. The highest BCUT2D eigenvalue weighted by Gasteiger charge is 2.11. The van der Waals surface area contributed by atoms with E-state index in [1.807, 2.05) is 12.3 Å². The van der Waals surface area contributed by atoms with Crippen molar-refractivity contribution >= 4 is 6.21 Å². The lowest BCUT2D eigenvalue weighted by Crippen LogP contribution is -1.85. The van der Waals surface area contributed by atoms with Crippen LogP contribution in [0.5, 0.6) is 0 Å². The molecule has 1 heterocycles. The summed E-state index contributed by atoms with van der Waals surface area (Å²) in [6, 6.07) is 8.71. The predicted octanol–water partition coefficient (Wildman–Crippen LogP) is 2.18. The highest BCUT2D eigenvalue weighted by Crippen LogP contribution is 2.24.